The number of hydrogen-bond acceptors (Lipinski definition) is 1. The number of nitrogens with zero attached hydrogens (tertiary/aromatic N) is 2. The molecule has 11 rings (SSSR count). The summed E-state index contributed by atoms with van der Waals surface area (Å²) in [6.07, 6.45) is 0. The van der Waals surface area contributed by atoms with Gasteiger partial charge in [-0.1, -0.05) is 164 Å². The van der Waals surface area contributed by atoms with Crippen molar-refractivity contribution in [1.82, 2.24) is 4.57 Å². The summed E-state index contributed by atoms with van der Waals surface area (Å²) >= 11 is 0. The van der Waals surface area contributed by atoms with E-state index in [4.69, 9.17) is 0 Å². The summed E-state index contributed by atoms with van der Waals surface area (Å²) in [6.45, 7) is 0. The second-order valence-electron chi connectivity index (χ2n) is 14.5. The van der Waals surface area contributed by atoms with Gasteiger partial charge in [-0.3, -0.25) is 0 Å². The maximum Gasteiger partial charge on any atom is 0.0547 e. The molecule has 0 radical (unpaired) electrons. The molecule has 2 nitrogen and oxygen atoms in total. The van der Waals surface area contributed by atoms with Crippen LogP contribution in [0, 0.1) is 0 Å². The first kappa shape index (κ1) is 32.0. The smallest absolute Gasteiger partial charge is 0.0547 e. The van der Waals surface area contributed by atoms with Crippen molar-refractivity contribution in [3.8, 4) is 27.9 Å². The van der Waals surface area contributed by atoms with Crippen molar-refractivity contribution < 1.29 is 0 Å². The fourth-order valence-electron chi connectivity index (χ4n) is 8.71. The standard InChI is InChI=1S/C54H36N2/c1-2-14-37(15-3-1)47-20-8-11-23-51(47)55(44-32-33-46-42(34-44)27-26-38-16-6-7-19-45(38)46)43-30-28-39(29-31-43)48-21-9-12-24-52(48)56-53-25-13-10-22-49(53)50-35-40-17-4-5-18-41(40)36-54(50)56/h1-36H. The molecule has 0 amide bonds. The molecule has 0 saturated carbocycles. The first-order valence-electron chi connectivity index (χ1n) is 19.3. The zero-order valence-electron chi connectivity index (χ0n) is 30.7. The van der Waals surface area contributed by atoms with Crippen molar-refractivity contribution in [1.29, 1.82) is 0 Å². The van der Waals surface area contributed by atoms with E-state index in [2.05, 4.69) is 228 Å². The molecule has 0 fully saturated rings. The van der Waals surface area contributed by atoms with E-state index in [0.29, 0.717) is 0 Å². The molecule has 0 N–H and O–H groups in total. The Morgan fingerprint density at radius 1 is 0.304 bits per heavy atom. The number of para-hydroxylation sites is 3. The molecule has 262 valence electrons. The molecule has 1 heterocycles. The van der Waals surface area contributed by atoms with Crippen LogP contribution in [0.2, 0.25) is 0 Å². The van der Waals surface area contributed by atoms with E-state index < -0.39 is 0 Å². The van der Waals surface area contributed by atoms with Crippen LogP contribution >= 0.6 is 0 Å². The predicted molar refractivity (Wildman–Crippen MR) is 239 cm³/mol. The average molecular weight is 713 g/mol. The van der Waals surface area contributed by atoms with Crippen LogP contribution in [-0.2, 0) is 0 Å². The number of benzene rings is 10. The van der Waals surface area contributed by atoms with Crippen LogP contribution in [0.5, 0.6) is 0 Å². The van der Waals surface area contributed by atoms with E-state index in [1.165, 1.54) is 70.8 Å². The average Bonchev–Trinajstić information content (AvgIpc) is 3.59. The number of hydrogen-bond donors (Lipinski definition) is 0. The Balaban J connectivity index is 1.08. The van der Waals surface area contributed by atoms with Crippen molar-refractivity contribution in [2.45, 2.75) is 0 Å². The van der Waals surface area contributed by atoms with Gasteiger partial charge in [0.15, 0.2) is 0 Å². The molecule has 1 aromatic heterocycles. The van der Waals surface area contributed by atoms with Crippen molar-refractivity contribution in [3.63, 3.8) is 0 Å². The first-order valence-corrected chi connectivity index (χ1v) is 19.3. The third-order valence-corrected chi connectivity index (χ3v) is 11.3. The molecular weight excluding hydrogens is 677 g/mol. The zero-order valence-corrected chi connectivity index (χ0v) is 30.7. The maximum absolute atomic E-state index is 2.45. The largest absolute Gasteiger partial charge is 0.310 e. The summed E-state index contributed by atoms with van der Waals surface area (Å²) in [5.41, 5.74) is 11.6. The second kappa shape index (κ2) is 13.2. The Kier molecular flexibility index (Phi) is 7.53. The predicted octanol–water partition coefficient (Wildman–Crippen LogP) is 15.0. The van der Waals surface area contributed by atoms with E-state index in [-0.39, 0.29) is 0 Å². The molecule has 10 aromatic carbocycles. The van der Waals surface area contributed by atoms with Gasteiger partial charge in [-0.15, -0.1) is 0 Å². The minimum absolute atomic E-state index is 1.10. The molecule has 0 saturated heterocycles. The lowest BCUT2D eigenvalue weighted by molar-refractivity contribution is 1.18. The normalized spacial score (nSPS) is 11.6. The molecule has 0 aliphatic rings. The quantitative estimate of drug-likeness (QED) is 0.156. The lowest BCUT2D eigenvalue weighted by atomic mass is 9.99. The Morgan fingerprint density at radius 2 is 0.893 bits per heavy atom. The van der Waals surface area contributed by atoms with Gasteiger partial charge in [-0.25, -0.2) is 0 Å². The van der Waals surface area contributed by atoms with Gasteiger partial charge in [-0.05, 0) is 98.0 Å². The van der Waals surface area contributed by atoms with Crippen molar-refractivity contribution in [3.05, 3.63) is 218 Å². The highest BCUT2D eigenvalue weighted by Gasteiger charge is 2.20. The number of fused-ring (bicyclic) bond motifs is 7. The number of aromatic nitrogens is 1. The fraction of sp³-hybridized carbons (Fsp3) is 0. The molecule has 56 heavy (non-hydrogen) atoms. The summed E-state index contributed by atoms with van der Waals surface area (Å²) < 4.78 is 2.45. The van der Waals surface area contributed by atoms with Gasteiger partial charge < -0.3 is 9.47 Å². The van der Waals surface area contributed by atoms with E-state index in [0.717, 1.165) is 28.3 Å². The third-order valence-electron chi connectivity index (χ3n) is 11.3. The van der Waals surface area contributed by atoms with E-state index in [1.54, 1.807) is 0 Å². The molecule has 0 atom stereocenters. The van der Waals surface area contributed by atoms with Crippen LogP contribution in [0.1, 0.15) is 0 Å². The van der Waals surface area contributed by atoms with Crippen LogP contribution in [0.15, 0.2) is 218 Å². The maximum atomic E-state index is 2.45. The second-order valence-corrected chi connectivity index (χ2v) is 14.5. The topological polar surface area (TPSA) is 8.17 Å². The number of rotatable bonds is 6. The minimum Gasteiger partial charge on any atom is -0.310 e. The first-order chi connectivity index (χ1) is 27.8. The number of anilines is 3. The van der Waals surface area contributed by atoms with Gasteiger partial charge >= 0.3 is 0 Å². The van der Waals surface area contributed by atoms with Gasteiger partial charge in [-0.2, -0.15) is 0 Å². The van der Waals surface area contributed by atoms with Crippen LogP contribution < -0.4 is 4.90 Å². The SMILES string of the molecule is c1ccc(-c2ccccc2N(c2ccc(-c3ccccc3-n3c4ccccc4c4cc5ccccc5cc43)cc2)c2ccc3c(ccc4ccccc43)c2)cc1. The summed E-state index contributed by atoms with van der Waals surface area (Å²) in [4.78, 5) is 2.41. The lowest BCUT2D eigenvalue weighted by Crippen LogP contribution is -2.11. The van der Waals surface area contributed by atoms with E-state index in [9.17, 15) is 0 Å². The Labute approximate surface area is 325 Å². The summed E-state index contributed by atoms with van der Waals surface area (Å²) in [7, 11) is 0. The molecule has 0 unspecified atom stereocenters. The van der Waals surface area contributed by atoms with Crippen LogP contribution in [-0.4, -0.2) is 4.57 Å². The van der Waals surface area contributed by atoms with Crippen LogP contribution in [0.3, 0.4) is 0 Å². The molecular formula is C54H36N2. The third kappa shape index (κ3) is 5.26. The monoisotopic (exact) mass is 712 g/mol. The minimum atomic E-state index is 1.10. The highest BCUT2D eigenvalue weighted by atomic mass is 15.1. The molecule has 0 spiro atoms. The molecule has 0 aliphatic carbocycles. The molecule has 0 bridgehead atoms. The Morgan fingerprint density at radius 3 is 1.73 bits per heavy atom. The fourth-order valence-corrected chi connectivity index (χ4v) is 8.71. The highest BCUT2D eigenvalue weighted by molar-refractivity contribution is 6.14. The van der Waals surface area contributed by atoms with Crippen LogP contribution in [0.4, 0.5) is 17.1 Å². The van der Waals surface area contributed by atoms with Gasteiger partial charge in [0.1, 0.15) is 0 Å². The van der Waals surface area contributed by atoms with Gasteiger partial charge in [0.2, 0.25) is 0 Å². The van der Waals surface area contributed by atoms with E-state index >= 15 is 0 Å². The molecule has 0 aliphatic heterocycles. The summed E-state index contributed by atoms with van der Waals surface area (Å²) in [5.74, 6) is 0. The summed E-state index contributed by atoms with van der Waals surface area (Å²) in [5, 5.41) is 10.0. The Bertz CT molecular complexity index is 3250. The van der Waals surface area contributed by atoms with Crippen molar-refractivity contribution in [2.24, 2.45) is 0 Å². The molecule has 2 heteroatoms. The van der Waals surface area contributed by atoms with Gasteiger partial charge in [0.05, 0.1) is 22.4 Å². The van der Waals surface area contributed by atoms with Crippen LogP contribution in [0.25, 0.3) is 82.1 Å². The summed E-state index contributed by atoms with van der Waals surface area (Å²) in [6, 6.07) is 79.5. The molecule has 11 aromatic rings. The van der Waals surface area contributed by atoms with Gasteiger partial charge in [0, 0.05) is 33.3 Å². The lowest BCUT2D eigenvalue weighted by Gasteiger charge is -2.28. The Hall–Kier alpha value is -7.42. The van der Waals surface area contributed by atoms with E-state index in [1.807, 2.05) is 0 Å². The highest BCUT2D eigenvalue weighted by Crippen LogP contribution is 2.44. The van der Waals surface area contributed by atoms with Gasteiger partial charge in [0.25, 0.3) is 0 Å². The zero-order chi connectivity index (χ0) is 37.0. The van der Waals surface area contributed by atoms with Crippen molar-refractivity contribution >= 4 is 71.2 Å². The van der Waals surface area contributed by atoms with Crippen molar-refractivity contribution in [2.75, 3.05) is 4.90 Å².